The molecule has 1 atom stereocenters. The molecule has 0 spiro atoms. The minimum atomic E-state index is -1.92. The van der Waals surface area contributed by atoms with Crippen molar-refractivity contribution in [1.82, 2.24) is 0 Å². The fourth-order valence-electron chi connectivity index (χ4n) is 0.879. The van der Waals surface area contributed by atoms with Gasteiger partial charge in [-0.1, -0.05) is 5.16 Å². The molecule has 0 aromatic heterocycles. The zero-order chi connectivity index (χ0) is 13.6. The molecule has 0 rings (SSSR count). The van der Waals surface area contributed by atoms with E-state index in [1.165, 1.54) is 7.11 Å². The number of nitrogens with zero attached hydrogens (tertiary/aromatic N) is 1. The van der Waals surface area contributed by atoms with Gasteiger partial charge in [0.05, 0.1) is 0 Å². The first-order valence-electron chi connectivity index (χ1n) is 4.75. The van der Waals surface area contributed by atoms with E-state index in [0.717, 1.165) is 0 Å². The largest absolute Gasteiger partial charge is 0.480 e. The molecule has 0 aromatic rings. The molecule has 0 heterocycles. The van der Waals surface area contributed by atoms with Crippen LogP contribution in [0.15, 0.2) is 5.16 Å². The Labute approximate surface area is 98.4 Å². The van der Waals surface area contributed by atoms with Crippen molar-refractivity contribution in [2.75, 3.05) is 7.11 Å². The van der Waals surface area contributed by atoms with Gasteiger partial charge in [-0.05, 0) is 20.8 Å². The molecule has 7 nitrogen and oxygen atoms in total. The lowest BCUT2D eigenvalue weighted by atomic mass is 10.1. The van der Waals surface area contributed by atoms with Gasteiger partial charge in [0.2, 0.25) is 11.7 Å². The summed E-state index contributed by atoms with van der Waals surface area (Å²) in [6.45, 7) is 4.70. The normalized spacial score (nSPS) is 13.2. The van der Waals surface area contributed by atoms with Crippen molar-refractivity contribution in [2.24, 2.45) is 11.1 Å². The van der Waals surface area contributed by atoms with Crippen LogP contribution in [0.1, 0.15) is 20.8 Å². The Kier molecular flexibility index (Phi) is 5.30. The molecule has 17 heavy (non-hydrogen) atoms. The lowest BCUT2D eigenvalue weighted by Crippen LogP contribution is -2.38. The Morgan fingerprint density at radius 3 is 2.18 bits per heavy atom. The third-order valence-electron chi connectivity index (χ3n) is 1.46. The fraction of sp³-hybridized carbons (Fsp3) is 0.600. The topological polar surface area (TPSA) is 102 Å². The molecule has 0 aliphatic carbocycles. The van der Waals surface area contributed by atoms with E-state index >= 15 is 0 Å². The van der Waals surface area contributed by atoms with Gasteiger partial charge in [-0.2, -0.15) is 0 Å². The predicted octanol–water partition coefficient (Wildman–Crippen LogP) is 0.230. The van der Waals surface area contributed by atoms with Crippen molar-refractivity contribution in [3.63, 3.8) is 0 Å². The van der Waals surface area contributed by atoms with Crippen LogP contribution in [-0.4, -0.2) is 41.8 Å². The highest BCUT2D eigenvalue weighted by molar-refractivity contribution is 6.37. The Balaban J connectivity index is 4.87. The summed E-state index contributed by atoms with van der Waals surface area (Å²) in [5.74, 6) is -5.65. The smallest absolute Gasteiger partial charge is 0.328 e. The molecule has 96 valence electrons. The summed E-state index contributed by atoms with van der Waals surface area (Å²) in [6, 6.07) is 0. The molecule has 1 N–H and O–H groups in total. The highest BCUT2D eigenvalue weighted by Crippen LogP contribution is 2.12. The average molecular weight is 245 g/mol. The molecule has 0 bridgehead atoms. The van der Waals surface area contributed by atoms with Crippen molar-refractivity contribution in [2.45, 2.75) is 26.4 Å². The van der Waals surface area contributed by atoms with E-state index < -0.39 is 29.2 Å². The quantitative estimate of drug-likeness (QED) is 0.322. The van der Waals surface area contributed by atoms with Crippen LogP contribution >= 0.6 is 0 Å². The molecule has 1 unspecified atom stereocenters. The molecule has 0 fully saturated rings. The minimum Gasteiger partial charge on any atom is -0.480 e. The zero-order valence-electron chi connectivity index (χ0n) is 10.1. The highest BCUT2D eigenvalue weighted by atomic mass is 16.6. The molecule has 0 aromatic carbocycles. The third kappa shape index (κ3) is 5.64. The molecular formula is C10H15NO6. The van der Waals surface area contributed by atoms with Crippen LogP contribution in [0, 0.1) is 5.92 Å². The molecule has 0 saturated carbocycles. The molecule has 0 amide bonds. The average Bonchev–Trinajstić information content (AvgIpc) is 2.10. The maximum absolute atomic E-state index is 11.5. The summed E-state index contributed by atoms with van der Waals surface area (Å²) in [4.78, 5) is 37.9. The Morgan fingerprint density at radius 1 is 1.29 bits per heavy atom. The van der Waals surface area contributed by atoms with Gasteiger partial charge in [0.15, 0.2) is 0 Å². The number of hydrogen-bond donors (Lipinski definition) is 1. The van der Waals surface area contributed by atoms with E-state index in [2.05, 4.69) is 9.99 Å². The first-order chi connectivity index (χ1) is 7.69. The summed E-state index contributed by atoms with van der Waals surface area (Å²) in [5, 5.41) is 11.9. The van der Waals surface area contributed by atoms with Gasteiger partial charge in [0.1, 0.15) is 18.9 Å². The number of rotatable bonds is 5. The number of esters is 1. The predicted molar refractivity (Wildman–Crippen MR) is 57.5 cm³/mol. The van der Waals surface area contributed by atoms with Gasteiger partial charge in [0.25, 0.3) is 0 Å². The molecule has 0 radical (unpaired) electrons. The first kappa shape index (κ1) is 15.1. The van der Waals surface area contributed by atoms with E-state index in [1.807, 2.05) is 0 Å². The summed E-state index contributed by atoms with van der Waals surface area (Å²) in [6.07, 6.45) is 0.628. The van der Waals surface area contributed by atoms with E-state index in [4.69, 9.17) is 9.84 Å². The van der Waals surface area contributed by atoms with E-state index in [1.54, 1.807) is 20.8 Å². The van der Waals surface area contributed by atoms with Crippen molar-refractivity contribution in [3.05, 3.63) is 0 Å². The highest BCUT2D eigenvalue weighted by Gasteiger charge is 2.36. The fourth-order valence-corrected chi connectivity index (χ4v) is 0.879. The van der Waals surface area contributed by atoms with E-state index in [0.29, 0.717) is 6.21 Å². The number of ketones is 1. The molecule has 0 aliphatic heterocycles. The van der Waals surface area contributed by atoms with Crippen LogP contribution in [-0.2, 0) is 24.0 Å². The monoisotopic (exact) mass is 245 g/mol. The summed E-state index contributed by atoms with van der Waals surface area (Å²) < 4.78 is 4.82. The SMILES string of the molecule is CON=CC(=O)C(C(=O)O)C(=O)OC(C)(C)C. The van der Waals surface area contributed by atoms with Crippen molar-refractivity contribution >= 4 is 23.9 Å². The first-order valence-corrected chi connectivity index (χ1v) is 4.75. The second-order valence-corrected chi connectivity index (χ2v) is 4.12. The number of oxime groups is 1. The molecular weight excluding hydrogens is 230 g/mol. The third-order valence-corrected chi connectivity index (χ3v) is 1.46. The summed E-state index contributed by atoms with van der Waals surface area (Å²) >= 11 is 0. The van der Waals surface area contributed by atoms with Gasteiger partial charge in [-0.15, -0.1) is 0 Å². The van der Waals surface area contributed by atoms with Gasteiger partial charge in [-0.25, -0.2) is 0 Å². The number of carboxylic acids is 1. The number of ether oxygens (including phenoxy) is 1. The second-order valence-electron chi connectivity index (χ2n) is 4.12. The lowest BCUT2D eigenvalue weighted by Gasteiger charge is -2.21. The van der Waals surface area contributed by atoms with E-state index in [9.17, 15) is 14.4 Å². The second kappa shape index (κ2) is 5.97. The van der Waals surface area contributed by atoms with Crippen LogP contribution in [0.5, 0.6) is 0 Å². The Hall–Kier alpha value is -1.92. The van der Waals surface area contributed by atoms with Crippen LogP contribution in [0.2, 0.25) is 0 Å². The number of Topliss-reactive ketones (excluding diaryl/α,β-unsaturated/α-hetero) is 1. The van der Waals surface area contributed by atoms with Crippen molar-refractivity contribution < 1.29 is 29.1 Å². The Morgan fingerprint density at radius 2 is 1.82 bits per heavy atom. The van der Waals surface area contributed by atoms with Gasteiger partial charge in [0, 0.05) is 0 Å². The maximum Gasteiger partial charge on any atom is 0.328 e. The number of carboxylic acid groups (broad SMARTS) is 1. The minimum absolute atomic E-state index is 0.628. The number of carbonyl (C=O) groups is 3. The van der Waals surface area contributed by atoms with Crippen molar-refractivity contribution in [1.29, 1.82) is 0 Å². The van der Waals surface area contributed by atoms with Gasteiger partial charge >= 0.3 is 11.9 Å². The maximum atomic E-state index is 11.5. The van der Waals surface area contributed by atoms with Gasteiger partial charge < -0.3 is 14.7 Å². The molecule has 0 aliphatic rings. The van der Waals surface area contributed by atoms with Crippen LogP contribution < -0.4 is 0 Å². The van der Waals surface area contributed by atoms with E-state index in [-0.39, 0.29) is 0 Å². The van der Waals surface area contributed by atoms with Gasteiger partial charge in [-0.3, -0.25) is 14.4 Å². The molecule has 0 saturated heterocycles. The zero-order valence-corrected chi connectivity index (χ0v) is 10.1. The summed E-state index contributed by atoms with van der Waals surface area (Å²) in [7, 11) is 1.19. The number of hydrogen-bond acceptors (Lipinski definition) is 6. The summed E-state index contributed by atoms with van der Waals surface area (Å²) in [5.41, 5.74) is -0.872. The standard InChI is InChI=1S/C10H15NO6/c1-10(2,3)17-9(15)7(8(13)14)6(12)5-11-16-4/h5,7H,1-4H3,(H,13,14). The van der Waals surface area contributed by atoms with Crippen molar-refractivity contribution in [3.8, 4) is 0 Å². The number of carbonyl (C=O) groups excluding carboxylic acids is 2. The van der Waals surface area contributed by atoms with Crippen LogP contribution in [0.3, 0.4) is 0 Å². The lowest BCUT2D eigenvalue weighted by molar-refractivity contribution is -0.167. The van der Waals surface area contributed by atoms with Crippen LogP contribution in [0.25, 0.3) is 0 Å². The Bertz CT molecular complexity index is 341. The molecule has 7 heteroatoms. The number of aliphatic carboxylic acids is 1. The van der Waals surface area contributed by atoms with Crippen LogP contribution in [0.4, 0.5) is 0 Å².